The van der Waals surface area contributed by atoms with Crippen molar-refractivity contribution in [3.8, 4) is 0 Å². The Labute approximate surface area is 191 Å². The SMILES string of the molecule is O=C(Nc1ccc(C(=O)N[C@H]2C/C=C\C[C@@H]3CC[C@@H](C(=O)O)N3C2=O)cc1)c1ccccc1. The minimum absolute atomic E-state index is 0.165. The van der Waals surface area contributed by atoms with Gasteiger partial charge in [-0.05, 0) is 62.1 Å². The smallest absolute Gasteiger partial charge is 0.326 e. The number of carbonyl (C=O) groups excluding carboxylic acids is 3. The van der Waals surface area contributed by atoms with Gasteiger partial charge in [-0.2, -0.15) is 0 Å². The molecule has 3 atom stereocenters. The van der Waals surface area contributed by atoms with Crippen molar-refractivity contribution in [2.45, 2.75) is 43.8 Å². The minimum atomic E-state index is -1.02. The molecule has 8 nitrogen and oxygen atoms in total. The van der Waals surface area contributed by atoms with E-state index in [2.05, 4.69) is 10.6 Å². The molecule has 0 bridgehead atoms. The number of nitrogens with zero attached hydrogens (tertiary/aromatic N) is 1. The highest BCUT2D eigenvalue weighted by atomic mass is 16.4. The summed E-state index contributed by atoms with van der Waals surface area (Å²) < 4.78 is 0. The zero-order valence-electron chi connectivity index (χ0n) is 17.9. The summed E-state index contributed by atoms with van der Waals surface area (Å²) in [5, 5.41) is 15.0. The zero-order valence-corrected chi connectivity index (χ0v) is 17.9. The number of carboxylic acids is 1. The van der Waals surface area contributed by atoms with Crippen LogP contribution in [0, 0.1) is 0 Å². The van der Waals surface area contributed by atoms with Crippen molar-refractivity contribution in [2.24, 2.45) is 0 Å². The number of amides is 3. The van der Waals surface area contributed by atoms with Crippen LogP contribution in [0.25, 0.3) is 0 Å². The Balaban J connectivity index is 1.43. The van der Waals surface area contributed by atoms with Crippen molar-refractivity contribution >= 4 is 29.4 Å². The summed E-state index contributed by atoms with van der Waals surface area (Å²) in [5.41, 5.74) is 1.39. The highest BCUT2D eigenvalue weighted by Crippen LogP contribution is 2.29. The molecule has 1 fully saturated rings. The van der Waals surface area contributed by atoms with Gasteiger partial charge in [-0.25, -0.2) is 4.79 Å². The minimum Gasteiger partial charge on any atom is -0.480 e. The van der Waals surface area contributed by atoms with Gasteiger partial charge in [-0.15, -0.1) is 0 Å². The number of nitrogens with one attached hydrogen (secondary N) is 2. The fourth-order valence-corrected chi connectivity index (χ4v) is 4.32. The molecule has 3 amide bonds. The van der Waals surface area contributed by atoms with Crippen LogP contribution in [-0.2, 0) is 9.59 Å². The maximum Gasteiger partial charge on any atom is 0.326 e. The predicted molar refractivity (Wildman–Crippen MR) is 122 cm³/mol. The number of hydrogen-bond acceptors (Lipinski definition) is 4. The number of benzene rings is 2. The Bertz CT molecular complexity index is 1080. The average Bonchev–Trinajstić information content (AvgIpc) is 3.24. The molecule has 2 aliphatic rings. The third-order valence-electron chi connectivity index (χ3n) is 6.03. The third kappa shape index (κ3) is 4.95. The molecule has 0 aromatic heterocycles. The first-order valence-electron chi connectivity index (χ1n) is 10.9. The molecule has 2 aromatic rings. The van der Waals surface area contributed by atoms with Crippen molar-refractivity contribution in [1.82, 2.24) is 10.2 Å². The monoisotopic (exact) mass is 447 g/mol. The van der Waals surface area contributed by atoms with E-state index in [-0.39, 0.29) is 17.9 Å². The Morgan fingerprint density at radius 2 is 1.52 bits per heavy atom. The van der Waals surface area contributed by atoms with Gasteiger partial charge in [0, 0.05) is 22.9 Å². The summed E-state index contributed by atoms with van der Waals surface area (Å²) in [4.78, 5) is 51.3. The second-order valence-electron chi connectivity index (χ2n) is 8.20. The van der Waals surface area contributed by atoms with Crippen molar-refractivity contribution in [1.29, 1.82) is 0 Å². The van der Waals surface area contributed by atoms with Gasteiger partial charge in [0.25, 0.3) is 11.8 Å². The van der Waals surface area contributed by atoms with Crippen LogP contribution in [0.15, 0.2) is 66.7 Å². The van der Waals surface area contributed by atoms with E-state index in [1.165, 1.54) is 4.90 Å². The van der Waals surface area contributed by atoms with Crippen molar-refractivity contribution in [3.05, 3.63) is 77.9 Å². The lowest BCUT2D eigenvalue weighted by Gasteiger charge is -2.32. The lowest BCUT2D eigenvalue weighted by atomic mass is 10.0. The fraction of sp³-hybridized carbons (Fsp3) is 0.280. The lowest BCUT2D eigenvalue weighted by Crippen LogP contribution is -2.54. The van der Waals surface area contributed by atoms with Gasteiger partial charge in [-0.3, -0.25) is 14.4 Å². The molecule has 0 unspecified atom stereocenters. The average molecular weight is 447 g/mol. The number of anilines is 1. The standard InChI is InChI=1S/C25H25N3O5/c29-22(16-6-2-1-3-7-16)26-18-12-10-17(11-13-18)23(30)27-20-9-5-4-8-19-14-15-21(25(32)33)28(19)24(20)31/h1-7,10-13,19-21H,8-9,14-15H2,(H,26,29)(H,27,30)(H,32,33)/b5-4-/t19-,20+,21+/m1/s1. The molecule has 0 aliphatic carbocycles. The highest BCUT2D eigenvalue weighted by Gasteiger charge is 2.43. The number of hydrogen-bond donors (Lipinski definition) is 3. The van der Waals surface area contributed by atoms with E-state index in [1.807, 2.05) is 18.2 Å². The zero-order chi connectivity index (χ0) is 23.4. The first-order valence-corrected chi connectivity index (χ1v) is 10.9. The molecule has 1 saturated heterocycles. The normalized spacial score (nSPS) is 23.1. The molecule has 2 heterocycles. The molecule has 3 N–H and O–H groups in total. The lowest BCUT2D eigenvalue weighted by molar-refractivity contribution is -0.150. The number of rotatable bonds is 5. The number of carboxylic acid groups (broad SMARTS) is 1. The van der Waals surface area contributed by atoms with Gasteiger partial charge >= 0.3 is 5.97 Å². The molecule has 170 valence electrons. The maximum absolute atomic E-state index is 13.1. The quantitative estimate of drug-likeness (QED) is 0.610. The summed E-state index contributed by atoms with van der Waals surface area (Å²) >= 11 is 0. The molecule has 0 saturated carbocycles. The van der Waals surface area contributed by atoms with Crippen molar-refractivity contribution < 1.29 is 24.3 Å². The van der Waals surface area contributed by atoms with Crippen LogP contribution in [0.1, 0.15) is 46.4 Å². The second kappa shape index (κ2) is 9.68. The van der Waals surface area contributed by atoms with Crippen LogP contribution in [0.2, 0.25) is 0 Å². The Morgan fingerprint density at radius 1 is 0.848 bits per heavy atom. The summed E-state index contributed by atoms with van der Waals surface area (Å²) in [6.45, 7) is 0. The van der Waals surface area contributed by atoms with Gasteiger partial charge in [-0.1, -0.05) is 30.4 Å². The Hall–Kier alpha value is -3.94. The van der Waals surface area contributed by atoms with Gasteiger partial charge in [0.05, 0.1) is 0 Å². The van der Waals surface area contributed by atoms with Crippen LogP contribution in [0.5, 0.6) is 0 Å². The van der Waals surface area contributed by atoms with Gasteiger partial charge in [0.1, 0.15) is 12.1 Å². The second-order valence-corrected chi connectivity index (χ2v) is 8.20. The summed E-state index contributed by atoms with van der Waals surface area (Å²) in [6.07, 6.45) is 5.76. The molecule has 4 rings (SSSR count). The largest absolute Gasteiger partial charge is 0.480 e. The molecule has 8 heteroatoms. The molecule has 2 aromatic carbocycles. The van der Waals surface area contributed by atoms with Crippen LogP contribution >= 0.6 is 0 Å². The van der Waals surface area contributed by atoms with E-state index < -0.39 is 24.0 Å². The van der Waals surface area contributed by atoms with Crippen LogP contribution in [-0.4, -0.2) is 51.8 Å². The number of aliphatic carboxylic acids is 1. The number of fused-ring (bicyclic) bond motifs is 1. The molecule has 0 radical (unpaired) electrons. The maximum atomic E-state index is 13.1. The van der Waals surface area contributed by atoms with E-state index >= 15 is 0 Å². The highest BCUT2D eigenvalue weighted by molar-refractivity contribution is 6.04. The molecule has 33 heavy (non-hydrogen) atoms. The van der Waals surface area contributed by atoms with E-state index in [9.17, 15) is 24.3 Å². The van der Waals surface area contributed by atoms with E-state index in [0.717, 1.165) is 0 Å². The molecule has 0 spiro atoms. The van der Waals surface area contributed by atoms with Crippen molar-refractivity contribution in [3.63, 3.8) is 0 Å². The molecular weight excluding hydrogens is 422 g/mol. The Morgan fingerprint density at radius 3 is 2.21 bits per heavy atom. The summed E-state index contributed by atoms with van der Waals surface area (Å²) in [7, 11) is 0. The molecule has 2 aliphatic heterocycles. The van der Waals surface area contributed by atoms with Crippen LogP contribution in [0.3, 0.4) is 0 Å². The van der Waals surface area contributed by atoms with Crippen LogP contribution < -0.4 is 10.6 Å². The fourth-order valence-electron chi connectivity index (χ4n) is 4.32. The summed E-state index contributed by atoms with van der Waals surface area (Å²) in [5.74, 6) is -2.08. The Kier molecular flexibility index (Phi) is 6.53. The topological polar surface area (TPSA) is 116 Å². The van der Waals surface area contributed by atoms with E-state index in [1.54, 1.807) is 48.5 Å². The predicted octanol–water partition coefficient (Wildman–Crippen LogP) is 2.83. The van der Waals surface area contributed by atoms with Crippen molar-refractivity contribution in [2.75, 3.05) is 5.32 Å². The molecular formula is C25H25N3O5. The summed E-state index contributed by atoms with van der Waals surface area (Å²) in [6, 6.07) is 13.3. The first kappa shape index (κ1) is 22.3. The van der Waals surface area contributed by atoms with Gasteiger partial charge < -0.3 is 20.6 Å². The van der Waals surface area contributed by atoms with Gasteiger partial charge in [0.2, 0.25) is 5.91 Å². The van der Waals surface area contributed by atoms with Crippen LogP contribution in [0.4, 0.5) is 5.69 Å². The first-order chi connectivity index (χ1) is 15.9. The number of carbonyl (C=O) groups is 4. The van der Waals surface area contributed by atoms with E-state index in [0.29, 0.717) is 42.5 Å². The third-order valence-corrected chi connectivity index (χ3v) is 6.03. The van der Waals surface area contributed by atoms with E-state index in [4.69, 9.17) is 0 Å². The van der Waals surface area contributed by atoms with Gasteiger partial charge in [0.15, 0.2) is 0 Å².